The van der Waals surface area contributed by atoms with Crippen LogP contribution in [0.1, 0.15) is 39.7 Å². The van der Waals surface area contributed by atoms with Crippen molar-refractivity contribution in [3.05, 3.63) is 29.8 Å². The number of hydrogen-bond acceptors (Lipinski definition) is 3. The molecule has 0 fully saturated rings. The first kappa shape index (κ1) is 17.5. The lowest BCUT2D eigenvalue weighted by Gasteiger charge is -2.27. The number of para-hydroxylation sites is 1. The molecule has 118 valence electrons. The van der Waals surface area contributed by atoms with Crippen LogP contribution in [0, 0.1) is 5.92 Å². The molecular weight excluding hydrogens is 266 g/mol. The summed E-state index contributed by atoms with van der Waals surface area (Å²) in [5.74, 6) is 0.876. The van der Waals surface area contributed by atoms with E-state index in [0.29, 0.717) is 19.4 Å². The van der Waals surface area contributed by atoms with Gasteiger partial charge < -0.3 is 15.2 Å². The van der Waals surface area contributed by atoms with Gasteiger partial charge in [0.2, 0.25) is 5.91 Å². The predicted molar refractivity (Wildman–Crippen MR) is 84.4 cm³/mol. The number of aryl methyl sites for hydroxylation is 1. The van der Waals surface area contributed by atoms with Gasteiger partial charge in [-0.05, 0) is 37.8 Å². The van der Waals surface area contributed by atoms with E-state index < -0.39 is 5.60 Å². The van der Waals surface area contributed by atoms with E-state index in [4.69, 9.17) is 4.74 Å². The molecular formula is C17H27NO3. The minimum Gasteiger partial charge on any atom is -0.494 e. The van der Waals surface area contributed by atoms with E-state index in [0.717, 1.165) is 11.3 Å². The Morgan fingerprint density at radius 2 is 2.05 bits per heavy atom. The molecule has 4 nitrogen and oxygen atoms in total. The third kappa shape index (κ3) is 5.76. The quantitative estimate of drug-likeness (QED) is 0.774. The molecule has 2 N–H and O–H groups in total. The molecule has 0 radical (unpaired) electrons. The van der Waals surface area contributed by atoms with Crippen molar-refractivity contribution < 1.29 is 14.6 Å². The van der Waals surface area contributed by atoms with Crippen molar-refractivity contribution in [2.45, 2.75) is 46.1 Å². The van der Waals surface area contributed by atoms with Crippen molar-refractivity contribution in [3.8, 4) is 5.75 Å². The van der Waals surface area contributed by atoms with Crippen LogP contribution >= 0.6 is 0 Å². The van der Waals surface area contributed by atoms with Crippen LogP contribution in [0.25, 0.3) is 0 Å². The lowest BCUT2D eigenvalue weighted by atomic mass is 9.92. The smallest absolute Gasteiger partial charge is 0.220 e. The lowest BCUT2D eigenvalue weighted by Crippen LogP contribution is -2.44. The van der Waals surface area contributed by atoms with Gasteiger partial charge in [0.1, 0.15) is 5.75 Å². The second kappa shape index (κ2) is 8.03. The summed E-state index contributed by atoms with van der Waals surface area (Å²) >= 11 is 0. The molecule has 1 rings (SSSR count). The van der Waals surface area contributed by atoms with E-state index in [1.165, 1.54) is 0 Å². The molecule has 0 spiro atoms. The fourth-order valence-electron chi connectivity index (χ4n) is 1.82. The Morgan fingerprint density at radius 3 is 2.67 bits per heavy atom. The maximum absolute atomic E-state index is 11.9. The molecule has 0 aromatic heterocycles. The Labute approximate surface area is 127 Å². The van der Waals surface area contributed by atoms with E-state index in [1.54, 1.807) is 6.92 Å². The fraction of sp³-hybridized carbons (Fsp3) is 0.588. The molecule has 4 heteroatoms. The van der Waals surface area contributed by atoms with E-state index in [2.05, 4.69) is 5.32 Å². The zero-order valence-electron chi connectivity index (χ0n) is 13.5. The number of benzene rings is 1. The third-order valence-electron chi connectivity index (χ3n) is 3.78. The summed E-state index contributed by atoms with van der Waals surface area (Å²) in [5.41, 5.74) is 0.156. The molecule has 1 amide bonds. The van der Waals surface area contributed by atoms with E-state index in [-0.39, 0.29) is 18.4 Å². The molecule has 0 aliphatic heterocycles. The molecule has 0 aliphatic carbocycles. The molecule has 1 aromatic rings. The first-order valence-corrected chi connectivity index (χ1v) is 7.56. The molecule has 21 heavy (non-hydrogen) atoms. The Kier molecular flexibility index (Phi) is 6.69. The summed E-state index contributed by atoms with van der Waals surface area (Å²) < 4.78 is 5.54. The highest BCUT2D eigenvalue weighted by atomic mass is 16.5. The van der Waals surface area contributed by atoms with Gasteiger partial charge in [0.05, 0.1) is 12.2 Å². The molecule has 0 saturated heterocycles. The molecule has 0 bridgehead atoms. The summed E-state index contributed by atoms with van der Waals surface area (Å²) in [4.78, 5) is 11.9. The maximum Gasteiger partial charge on any atom is 0.220 e. The largest absolute Gasteiger partial charge is 0.494 e. The van der Waals surface area contributed by atoms with Gasteiger partial charge in [0.25, 0.3) is 0 Å². The SMILES string of the molecule is CCOc1ccccc1CCC(=O)NCC(C)(O)C(C)C. The van der Waals surface area contributed by atoms with Crippen LogP contribution in [0.3, 0.4) is 0 Å². The number of rotatable bonds is 8. The van der Waals surface area contributed by atoms with Crippen molar-refractivity contribution in [2.24, 2.45) is 5.92 Å². The fourth-order valence-corrected chi connectivity index (χ4v) is 1.82. The van der Waals surface area contributed by atoms with Crippen LogP contribution in [0.4, 0.5) is 0 Å². The zero-order valence-corrected chi connectivity index (χ0v) is 13.5. The van der Waals surface area contributed by atoms with Gasteiger partial charge in [-0.25, -0.2) is 0 Å². The van der Waals surface area contributed by atoms with Crippen LogP contribution < -0.4 is 10.1 Å². The Hall–Kier alpha value is -1.55. The van der Waals surface area contributed by atoms with Gasteiger partial charge in [0, 0.05) is 13.0 Å². The first-order chi connectivity index (χ1) is 9.86. The molecule has 1 atom stereocenters. The topological polar surface area (TPSA) is 58.6 Å². The lowest BCUT2D eigenvalue weighted by molar-refractivity contribution is -0.122. The van der Waals surface area contributed by atoms with E-state index in [1.807, 2.05) is 45.0 Å². The highest BCUT2D eigenvalue weighted by molar-refractivity contribution is 5.76. The maximum atomic E-state index is 11.9. The van der Waals surface area contributed by atoms with Gasteiger partial charge in [-0.3, -0.25) is 4.79 Å². The van der Waals surface area contributed by atoms with Crippen LogP contribution in [-0.4, -0.2) is 29.8 Å². The highest BCUT2D eigenvalue weighted by Gasteiger charge is 2.25. The molecule has 0 heterocycles. The molecule has 0 aliphatic rings. The second-order valence-electron chi connectivity index (χ2n) is 5.83. The Balaban J connectivity index is 2.47. The Bertz CT molecular complexity index is 455. The van der Waals surface area contributed by atoms with Crippen molar-refractivity contribution in [1.29, 1.82) is 0 Å². The number of aliphatic hydroxyl groups is 1. The number of carbonyl (C=O) groups is 1. The van der Waals surface area contributed by atoms with Gasteiger partial charge >= 0.3 is 0 Å². The minimum atomic E-state index is -0.876. The standard InChI is InChI=1S/C17H27NO3/c1-5-21-15-9-7-6-8-14(15)10-11-16(19)18-12-17(4,20)13(2)3/h6-9,13,20H,5,10-12H2,1-4H3,(H,18,19). The van der Waals surface area contributed by atoms with Crippen molar-refractivity contribution in [3.63, 3.8) is 0 Å². The summed E-state index contributed by atoms with van der Waals surface area (Å²) in [6.45, 7) is 8.44. The molecule has 1 aromatic carbocycles. The summed E-state index contributed by atoms with van der Waals surface area (Å²) in [7, 11) is 0. The van der Waals surface area contributed by atoms with Crippen molar-refractivity contribution in [1.82, 2.24) is 5.32 Å². The second-order valence-corrected chi connectivity index (χ2v) is 5.83. The van der Waals surface area contributed by atoms with Gasteiger partial charge in [-0.15, -0.1) is 0 Å². The third-order valence-corrected chi connectivity index (χ3v) is 3.78. The van der Waals surface area contributed by atoms with Crippen LogP contribution in [-0.2, 0) is 11.2 Å². The number of carbonyl (C=O) groups excluding carboxylic acids is 1. The normalized spacial score (nSPS) is 13.8. The first-order valence-electron chi connectivity index (χ1n) is 7.56. The van der Waals surface area contributed by atoms with Gasteiger partial charge in [-0.2, -0.15) is 0 Å². The summed E-state index contributed by atoms with van der Waals surface area (Å²) in [6.07, 6.45) is 1.02. The van der Waals surface area contributed by atoms with Crippen LogP contribution in [0.5, 0.6) is 5.75 Å². The number of amides is 1. The predicted octanol–water partition coefficient (Wildman–Crippen LogP) is 2.54. The van der Waals surface area contributed by atoms with Crippen LogP contribution in [0.15, 0.2) is 24.3 Å². The van der Waals surface area contributed by atoms with Crippen molar-refractivity contribution >= 4 is 5.91 Å². The summed E-state index contributed by atoms with van der Waals surface area (Å²) in [6, 6.07) is 7.76. The number of nitrogens with one attached hydrogen (secondary N) is 1. The number of ether oxygens (including phenoxy) is 1. The monoisotopic (exact) mass is 293 g/mol. The average Bonchev–Trinajstić information content (AvgIpc) is 2.44. The number of hydrogen-bond donors (Lipinski definition) is 2. The van der Waals surface area contributed by atoms with Gasteiger partial charge in [0.15, 0.2) is 0 Å². The zero-order chi connectivity index (χ0) is 15.9. The minimum absolute atomic E-state index is 0.0535. The van der Waals surface area contributed by atoms with E-state index >= 15 is 0 Å². The van der Waals surface area contributed by atoms with Crippen LogP contribution in [0.2, 0.25) is 0 Å². The van der Waals surface area contributed by atoms with Gasteiger partial charge in [-0.1, -0.05) is 32.0 Å². The molecule has 0 saturated carbocycles. The van der Waals surface area contributed by atoms with E-state index in [9.17, 15) is 9.90 Å². The highest BCUT2D eigenvalue weighted by Crippen LogP contribution is 2.19. The molecule has 1 unspecified atom stereocenters. The average molecular weight is 293 g/mol. The summed E-state index contributed by atoms with van der Waals surface area (Å²) in [5, 5.41) is 12.9. The Morgan fingerprint density at radius 1 is 1.38 bits per heavy atom. The van der Waals surface area contributed by atoms with Crippen molar-refractivity contribution in [2.75, 3.05) is 13.2 Å².